The SMILES string of the molecule is CCCNC(=S)NC(=O)c1ccc(C)c([N+](=O)[O-])c1. The molecule has 0 aliphatic carbocycles. The van der Waals surface area contributed by atoms with E-state index >= 15 is 0 Å². The van der Waals surface area contributed by atoms with Crippen molar-refractivity contribution in [2.75, 3.05) is 6.54 Å². The zero-order valence-electron chi connectivity index (χ0n) is 10.7. The number of rotatable bonds is 4. The van der Waals surface area contributed by atoms with Crippen molar-refractivity contribution in [3.05, 3.63) is 39.4 Å². The Morgan fingerprint density at radius 1 is 1.47 bits per heavy atom. The van der Waals surface area contributed by atoms with Crippen LogP contribution in [0.5, 0.6) is 0 Å². The molecule has 0 aliphatic rings. The number of amides is 1. The first-order chi connectivity index (χ1) is 8.95. The molecule has 0 saturated heterocycles. The second-order valence-corrected chi connectivity index (χ2v) is 4.38. The van der Waals surface area contributed by atoms with Crippen LogP contribution in [0, 0.1) is 17.0 Å². The predicted molar refractivity (Wildman–Crippen MR) is 76.2 cm³/mol. The van der Waals surface area contributed by atoms with Crippen LogP contribution in [0.15, 0.2) is 18.2 Å². The molecule has 0 spiro atoms. The van der Waals surface area contributed by atoms with Crippen molar-refractivity contribution in [2.45, 2.75) is 20.3 Å². The molecule has 6 nitrogen and oxygen atoms in total. The first kappa shape index (κ1) is 15.0. The molecular formula is C12H15N3O3S. The summed E-state index contributed by atoms with van der Waals surface area (Å²) >= 11 is 4.93. The van der Waals surface area contributed by atoms with E-state index in [1.54, 1.807) is 6.92 Å². The molecule has 7 heteroatoms. The highest BCUT2D eigenvalue weighted by atomic mass is 32.1. The topological polar surface area (TPSA) is 84.3 Å². The molecule has 0 heterocycles. The zero-order chi connectivity index (χ0) is 14.4. The van der Waals surface area contributed by atoms with Gasteiger partial charge in [0.05, 0.1) is 4.92 Å². The maximum Gasteiger partial charge on any atom is 0.273 e. The molecular weight excluding hydrogens is 266 g/mol. The van der Waals surface area contributed by atoms with Gasteiger partial charge in [-0.2, -0.15) is 0 Å². The van der Waals surface area contributed by atoms with Crippen LogP contribution >= 0.6 is 12.2 Å². The van der Waals surface area contributed by atoms with Gasteiger partial charge >= 0.3 is 0 Å². The van der Waals surface area contributed by atoms with Gasteiger partial charge in [-0.25, -0.2) is 0 Å². The Labute approximate surface area is 116 Å². The average molecular weight is 281 g/mol. The van der Waals surface area contributed by atoms with E-state index in [1.165, 1.54) is 18.2 Å². The summed E-state index contributed by atoms with van der Waals surface area (Å²) in [5, 5.41) is 16.3. The van der Waals surface area contributed by atoms with Crippen LogP contribution in [0.25, 0.3) is 0 Å². The molecule has 1 rings (SSSR count). The van der Waals surface area contributed by atoms with Gasteiger partial charge in [0.15, 0.2) is 5.11 Å². The summed E-state index contributed by atoms with van der Waals surface area (Å²) in [6.07, 6.45) is 0.881. The van der Waals surface area contributed by atoms with Crippen molar-refractivity contribution < 1.29 is 9.72 Å². The Bertz CT molecular complexity index is 517. The van der Waals surface area contributed by atoms with Crippen LogP contribution in [0.1, 0.15) is 29.3 Å². The number of aryl methyl sites for hydroxylation is 1. The molecule has 0 atom stereocenters. The van der Waals surface area contributed by atoms with Crippen molar-refractivity contribution in [3.8, 4) is 0 Å². The Morgan fingerprint density at radius 3 is 2.74 bits per heavy atom. The van der Waals surface area contributed by atoms with E-state index in [1.807, 2.05) is 6.92 Å². The lowest BCUT2D eigenvalue weighted by molar-refractivity contribution is -0.385. The normalized spacial score (nSPS) is 9.79. The summed E-state index contributed by atoms with van der Waals surface area (Å²) in [4.78, 5) is 22.1. The highest BCUT2D eigenvalue weighted by Crippen LogP contribution is 2.19. The molecule has 2 N–H and O–H groups in total. The molecule has 102 valence electrons. The summed E-state index contributed by atoms with van der Waals surface area (Å²) in [7, 11) is 0. The number of nitrogens with one attached hydrogen (secondary N) is 2. The predicted octanol–water partition coefficient (Wildman–Crippen LogP) is 1.92. The minimum atomic E-state index is -0.514. The van der Waals surface area contributed by atoms with Crippen LogP contribution in [-0.4, -0.2) is 22.5 Å². The summed E-state index contributed by atoms with van der Waals surface area (Å²) in [6, 6.07) is 4.31. The lowest BCUT2D eigenvalue weighted by Gasteiger charge is -2.08. The smallest absolute Gasteiger partial charge is 0.273 e. The van der Waals surface area contributed by atoms with Crippen molar-refractivity contribution in [1.29, 1.82) is 0 Å². The lowest BCUT2D eigenvalue weighted by Crippen LogP contribution is -2.39. The minimum Gasteiger partial charge on any atom is -0.362 e. The third-order valence-electron chi connectivity index (χ3n) is 2.43. The molecule has 0 unspecified atom stereocenters. The number of hydrogen-bond acceptors (Lipinski definition) is 4. The van der Waals surface area contributed by atoms with E-state index in [4.69, 9.17) is 12.2 Å². The minimum absolute atomic E-state index is 0.0833. The van der Waals surface area contributed by atoms with Gasteiger partial charge < -0.3 is 5.32 Å². The molecule has 0 fully saturated rings. The van der Waals surface area contributed by atoms with Gasteiger partial charge in [0.25, 0.3) is 11.6 Å². The summed E-state index contributed by atoms with van der Waals surface area (Å²) < 4.78 is 0. The van der Waals surface area contributed by atoms with Crippen LogP contribution in [-0.2, 0) is 0 Å². The van der Waals surface area contributed by atoms with Gasteiger partial charge in [-0.15, -0.1) is 0 Å². The van der Waals surface area contributed by atoms with E-state index in [0.29, 0.717) is 12.1 Å². The number of benzene rings is 1. The van der Waals surface area contributed by atoms with E-state index in [9.17, 15) is 14.9 Å². The molecule has 1 amide bonds. The number of carbonyl (C=O) groups is 1. The summed E-state index contributed by atoms with van der Waals surface area (Å²) in [5.41, 5.74) is 0.631. The first-order valence-electron chi connectivity index (χ1n) is 5.80. The van der Waals surface area contributed by atoms with Crippen molar-refractivity contribution >= 4 is 28.9 Å². The Kier molecular flexibility index (Phi) is 5.37. The second kappa shape index (κ2) is 6.79. The second-order valence-electron chi connectivity index (χ2n) is 3.97. The first-order valence-corrected chi connectivity index (χ1v) is 6.20. The van der Waals surface area contributed by atoms with Gasteiger partial charge in [0.2, 0.25) is 0 Å². The monoisotopic (exact) mass is 281 g/mol. The van der Waals surface area contributed by atoms with Crippen molar-refractivity contribution in [2.24, 2.45) is 0 Å². The van der Waals surface area contributed by atoms with Crippen LogP contribution < -0.4 is 10.6 Å². The molecule has 1 aromatic rings. The van der Waals surface area contributed by atoms with Crippen LogP contribution in [0.4, 0.5) is 5.69 Å². The molecule has 0 aromatic heterocycles. The standard InChI is InChI=1S/C12H15N3O3S/c1-3-6-13-12(19)14-11(16)9-5-4-8(2)10(7-9)15(17)18/h4-5,7H,3,6H2,1-2H3,(H2,13,14,16,19). The number of hydrogen-bond donors (Lipinski definition) is 2. The lowest BCUT2D eigenvalue weighted by atomic mass is 10.1. The van der Waals surface area contributed by atoms with Gasteiger partial charge in [-0.3, -0.25) is 20.2 Å². The number of carbonyl (C=O) groups excluding carboxylic acids is 1. The Balaban J connectivity index is 2.80. The van der Waals surface area contributed by atoms with Crippen molar-refractivity contribution in [3.63, 3.8) is 0 Å². The fraction of sp³-hybridized carbons (Fsp3) is 0.333. The third-order valence-corrected chi connectivity index (χ3v) is 2.68. The molecule has 19 heavy (non-hydrogen) atoms. The average Bonchev–Trinajstić information content (AvgIpc) is 2.36. The molecule has 0 bridgehead atoms. The highest BCUT2D eigenvalue weighted by Gasteiger charge is 2.15. The van der Waals surface area contributed by atoms with Crippen molar-refractivity contribution in [1.82, 2.24) is 10.6 Å². The molecule has 0 saturated carbocycles. The third kappa shape index (κ3) is 4.29. The van der Waals surface area contributed by atoms with Crippen LogP contribution in [0.2, 0.25) is 0 Å². The largest absolute Gasteiger partial charge is 0.362 e. The van der Waals surface area contributed by atoms with Gasteiger partial charge in [-0.05, 0) is 31.6 Å². The fourth-order valence-electron chi connectivity index (χ4n) is 1.41. The number of nitro groups is 1. The Morgan fingerprint density at radius 2 is 2.16 bits per heavy atom. The van der Waals surface area contributed by atoms with E-state index < -0.39 is 10.8 Å². The number of thiocarbonyl (C=S) groups is 1. The van der Waals surface area contributed by atoms with E-state index in [-0.39, 0.29) is 16.4 Å². The van der Waals surface area contributed by atoms with E-state index in [0.717, 1.165) is 6.42 Å². The Hall–Kier alpha value is -2.02. The van der Waals surface area contributed by atoms with Gasteiger partial charge in [-0.1, -0.05) is 13.0 Å². The summed E-state index contributed by atoms with van der Waals surface area (Å²) in [6.45, 7) is 4.25. The fourth-order valence-corrected chi connectivity index (χ4v) is 1.60. The van der Waals surface area contributed by atoms with Gasteiger partial charge in [0.1, 0.15) is 0 Å². The zero-order valence-corrected chi connectivity index (χ0v) is 11.5. The maximum absolute atomic E-state index is 11.8. The molecule has 0 aliphatic heterocycles. The maximum atomic E-state index is 11.8. The number of nitro benzene ring substituents is 1. The summed E-state index contributed by atoms with van der Waals surface area (Å²) in [5.74, 6) is -0.461. The van der Waals surface area contributed by atoms with Gasteiger partial charge in [0, 0.05) is 23.7 Å². The highest BCUT2D eigenvalue weighted by molar-refractivity contribution is 7.80. The number of nitrogens with zero attached hydrogens (tertiary/aromatic N) is 1. The van der Waals surface area contributed by atoms with E-state index in [2.05, 4.69) is 10.6 Å². The molecule has 0 radical (unpaired) electrons. The quantitative estimate of drug-likeness (QED) is 0.500. The van der Waals surface area contributed by atoms with Crippen LogP contribution in [0.3, 0.4) is 0 Å². The molecule has 1 aromatic carbocycles.